The van der Waals surface area contributed by atoms with Crippen LogP contribution < -0.4 is 10.5 Å². The molecule has 0 spiro atoms. The molecule has 2 unspecified atom stereocenters. The maximum atomic E-state index is 6.89. The molecule has 2 N–H and O–H groups in total. The average Bonchev–Trinajstić information content (AvgIpc) is 2.38. The highest BCUT2D eigenvalue weighted by atomic mass is 35.5. The summed E-state index contributed by atoms with van der Waals surface area (Å²) in [4.78, 5) is 0. The second kappa shape index (κ2) is 5.57. The normalized spacial score (nSPS) is 27.4. The zero-order valence-electron chi connectivity index (χ0n) is 13.0. The van der Waals surface area contributed by atoms with Crippen LogP contribution in [0.1, 0.15) is 52.0 Å². The smallest absolute Gasteiger partial charge is 0.137 e. The quantitative estimate of drug-likeness (QED) is 0.855. The molecule has 112 valence electrons. The van der Waals surface area contributed by atoms with Gasteiger partial charge in [0.1, 0.15) is 5.75 Å². The number of nitrogens with two attached hydrogens (primary N) is 1. The Morgan fingerprint density at radius 1 is 1.30 bits per heavy atom. The zero-order valence-corrected chi connectivity index (χ0v) is 13.8. The lowest BCUT2D eigenvalue weighted by atomic mass is 9.60. The van der Waals surface area contributed by atoms with Gasteiger partial charge in [0.15, 0.2) is 0 Å². The number of hydrogen-bond donors (Lipinski definition) is 1. The SMILES string of the molecule is COc1cc(C2(N)CCCCC2C(C)(C)C)ccc1Cl. The number of rotatable bonds is 2. The van der Waals surface area contributed by atoms with Crippen LogP contribution in [0, 0.1) is 11.3 Å². The molecule has 0 amide bonds. The molecular weight excluding hydrogens is 270 g/mol. The molecule has 2 atom stereocenters. The van der Waals surface area contributed by atoms with Gasteiger partial charge in [-0.3, -0.25) is 0 Å². The second-order valence-corrected chi connectivity index (χ2v) is 7.46. The van der Waals surface area contributed by atoms with Crippen LogP contribution in [0.5, 0.6) is 5.75 Å². The Bertz CT molecular complexity index is 480. The molecule has 1 saturated carbocycles. The van der Waals surface area contributed by atoms with Crippen LogP contribution in [0.25, 0.3) is 0 Å². The van der Waals surface area contributed by atoms with Crippen molar-refractivity contribution in [3.8, 4) is 5.75 Å². The first kappa shape index (κ1) is 15.7. The maximum Gasteiger partial charge on any atom is 0.137 e. The second-order valence-electron chi connectivity index (χ2n) is 7.05. The molecule has 3 heteroatoms. The van der Waals surface area contributed by atoms with Crippen LogP contribution in [0.3, 0.4) is 0 Å². The highest BCUT2D eigenvalue weighted by Crippen LogP contribution is 2.49. The molecule has 2 rings (SSSR count). The van der Waals surface area contributed by atoms with E-state index in [1.807, 2.05) is 12.1 Å². The van der Waals surface area contributed by atoms with Gasteiger partial charge in [-0.2, -0.15) is 0 Å². The minimum atomic E-state index is -0.283. The lowest BCUT2D eigenvalue weighted by Gasteiger charge is -2.48. The fourth-order valence-corrected chi connectivity index (χ4v) is 3.89. The molecule has 1 aliphatic rings. The van der Waals surface area contributed by atoms with Gasteiger partial charge >= 0.3 is 0 Å². The van der Waals surface area contributed by atoms with E-state index in [-0.39, 0.29) is 11.0 Å². The van der Waals surface area contributed by atoms with Gasteiger partial charge in [0.05, 0.1) is 12.1 Å². The van der Waals surface area contributed by atoms with Crippen LogP contribution in [0.15, 0.2) is 18.2 Å². The topological polar surface area (TPSA) is 35.2 Å². The number of hydrogen-bond acceptors (Lipinski definition) is 2. The summed E-state index contributed by atoms with van der Waals surface area (Å²) in [6, 6.07) is 5.99. The first-order chi connectivity index (χ1) is 9.29. The van der Waals surface area contributed by atoms with E-state index in [1.54, 1.807) is 7.11 Å². The maximum absolute atomic E-state index is 6.89. The van der Waals surface area contributed by atoms with Crippen molar-refractivity contribution >= 4 is 11.6 Å². The van der Waals surface area contributed by atoms with E-state index in [0.717, 1.165) is 12.0 Å². The molecule has 0 aliphatic heterocycles. The van der Waals surface area contributed by atoms with E-state index in [4.69, 9.17) is 22.1 Å². The van der Waals surface area contributed by atoms with Crippen molar-refractivity contribution in [2.24, 2.45) is 17.1 Å². The fourth-order valence-electron chi connectivity index (χ4n) is 3.70. The lowest BCUT2D eigenvalue weighted by Crippen LogP contribution is -2.51. The first-order valence-corrected chi connectivity index (χ1v) is 7.80. The van der Waals surface area contributed by atoms with Gasteiger partial charge in [0.2, 0.25) is 0 Å². The Kier molecular flexibility index (Phi) is 4.36. The Morgan fingerprint density at radius 3 is 2.60 bits per heavy atom. The highest BCUT2D eigenvalue weighted by molar-refractivity contribution is 6.32. The minimum Gasteiger partial charge on any atom is -0.495 e. The summed E-state index contributed by atoms with van der Waals surface area (Å²) in [5.41, 5.74) is 7.95. The van der Waals surface area contributed by atoms with E-state index in [9.17, 15) is 0 Å². The third-order valence-corrected chi connectivity index (χ3v) is 5.00. The molecule has 1 fully saturated rings. The van der Waals surface area contributed by atoms with Crippen LogP contribution in [0.2, 0.25) is 5.02 Å². The molecule has 2 nitrogen and oxygen atoms in total. The lowest BCUT2D eigenvalue weighted by molar-refractivity contribution is 0.0776. The molecule has 1 aliphatic carbocycles. The number of ether oxygens (including phenoxy) is 1. The van der Waals surface area contributed by atoms with Gasteiger partial charge in [0.25, 0.3) is 0 Å². The predicted molar refractivity (Wildman–Crippen MR) is 85.3 cm³/mol. The third-order valence-electron chi connectivity index (χ3n) is 4.69. The van der Waals surface area contributed by atoms with Gasteiger partial charge in [-0.15, -0.1) is 0 Å². The Balaban J connectivity index is 2.45. The van der Waals surface area contributed by atoms with Gasteiger partial charge in [0, 0.05) is 5.54 Å². The van der Waals surface area contributed by atoms with Crippen molar-refractivity contribution in [1.82, 2.24) is 0 Å². The van der Waals surface area contributed by atoms with Crippen molar-refractivity contribution in [3.63, 3.8) is 0 Å². The van der Waals surface area contributed by atoms with Crippen LogP contribution in [-0.2, 0) is 5.54 Å². The summed E-state index contributed by atoms with van der Waals surface area (Å²) in [6.07, 6.45) is 4.67. The van der Waals surface area contributed by atoms with Crippen molar-refractivity contribution in [2.45, 2.75) is 52.0 Å². The summed E-state index contributed by atoms with van der Waals surface area (Å²) >= 11 is 6.14. The average molecular weight is 296 g/mol. The summed E-state index contributed by atoms with van der Waals surface area (Å²) in [7, 11) is 1.65. The number of benzene rings is 1. The Hall–Kier alpha value is -0.730. The van der Waals surface area contributed by atoms with Crippen LogP contribution >= 0.6 is 11.6 Å². The van der Waals surface area contributed by atoms with Crippen LogP contribution in [0.4, 0.5) is 0 Å². The number of halogens is 1. The monoisotopic (exact) mass is 295 g/mol. The molecular formula is C17H26ClNO. The Labute approximate surface area is 127 Å². The van der Waals surface area contributed by atoms with Gasteiger partial charge in [-0.05, 0) is 41.9 Å². The molecule has 20 heavy (non-hydrogen) atoms. The zero-order chi connectivity index (χ0) is 15.0. The summed E-state index contributed by atoms with van der Waals surface area (Å²) < 4.78 is 5.35. The van der Waals surface area contributed by atoms with Crippen molar-refractivity contribution < 1.29 is 4.74 Å². The molecule has 0 aromatic heterocycles. The molecule has 0 heterocycles. The molecule has 0 bridgehead atoms. The van der Waals surface area contributed by atoms with Crippen LogP contribution in [-0.4, -0.2) is 7.11 Å². The van der Waals surface area contributed by atoms with E-state index < -0.39 is 0 Å². The van der Waals surface area contributed by atoms with Crippen molar-refractivity contribution in [1.29, 1.82) is 0 Å². The van der Waals surface area contributed by atoms with Gasteiger partial charge in [-0.25, -0.2) is 0 Å². The standard InChI is InChI=1S/C17H26ClNO/c1-16(2,3)15-7-5-6-10-17(15,19)12-8-9-13(18)14(11-12)20-4/h8-9,11,15H,5-7,10,19H2,1-4H3. The van der Waals surface area contributed by atoms with Crippen molar-refractivity contribution in [2.75, 3.05) is 7.11 Å². The predicted octanol–water partition coefficient (Wildman–Crippen LogP) is 4.74. The molecule has 0 saturated heterocycles. The van der Waals surface area contributed by atoms with Gasteiger partial charge < -0.3 is 10.5 Å². The van der Waals surface area contributed by atoms with E-state index >= 15 is 0 Å². The molecule has 0 radical (unpaired) electrons. The third kappa shape index (κ3) is 2.82. The molecule has 1 aromatic carbocycles. The van der Waals surface area contributed by atoms with Gasteiger partial charge in [-0.1, -0.05) is 51.3 Å². The van der Waals surface area contributed by atoms with Crippen molar-refractivity contribution in [3.05, 3.63) is 28.8 Å². The first-order valence-electron chi connectivity index (χ1n) is 7.42. The number of methoxy groups -OCH3 is 1. The summed E-state index contributed by atoms with van der Waals surface area (Å²) in [5.74, 6) is 1.18. The molecule has 1 aromatic rings. The van der Waals surface area contributed by atoms with E-state index in [2.05, 4.69) is 26.8 Å². The van der Waals surface area contributed by atoms with E-state index in [0.29, 0.717) is 16.7 Å². The fraction of sp³-hybridized carbons (Fsp3) is 0.647. The highest BCUT2D eigenvalue weighted by Gasteiger charge is 2.44. The summed E-state index contributed by atoms with van der Waals surface area (Å²) in [6.45, 7) is 6.87. The largest absolute Gasteiger partial charge is 0.495 e. The summed E-state index contributed by atoms with van der Waals surface area (Å²) in [5, 5.41) is 0.642. The minimum absolute atomic E-state index is 0.196. The van der Waals surface area contributed by atoms with E-state index in [1.165, 1.54) is 19.3 Å². The Morgan fingerprint density at radius 2 is 2.00 bits per heavy atom.